The second-order valence-electron chi connectivity index (χ2n) is 10.4. The van der Waals surface area contributed by atoms with Crippen molar-refractivity contribution in [2.24, 2.45) is 10.8 Å². The van der Waals surface area contributed by atoms with Gasteiger partial charge in [-0.05, 0) is 25.7 Å². The summed E-state index contributed by atoms with van der Waals surface area (Å²) in [6.45, 7) is 4.44. The van der Waals surface area contributed by atoms with Crippen LogP contribution in [0.5, 0.6) is 0 Å². The molecule has 0 heterocycles. The number of rotatable bonds is 20. The number of carboxylic acids is 2. The zero-order chi connectivity index (χ0) is 23.7. The predicted molar refractivity (Wildman–Crippen MR) is 133 cm³/mol. The Labute approximate surface area is 197 Å². The molecule has 0 aliphatic heterocycles. The summed E-state index contributed by atoms with van der Waals surface area (Å²) in [4.78, 5) is 25.2. The van der Waals surface area contributed by atoms with E-state index >= 15 is 0 Å². The van der Waals surface area contributed by atoms with E-state index in [4.69, 9.17) is 0 Å². The fourth-order valence-electron chi connectivity index (χ4n) is 6.02. The largest absolute Gasteiger partial charge is 0.481 e. The van der Waals surface area contributed by atoms with Gasteiger partial charge in [-0.15, -0.1) is 0 Å². The molecule has 1 rings (SSSR count). The summed E-state index contributed by atoms with van der Waals surface area (Å²) in [5, 5.41) is 20.7. The third-order valence-electron chi connectivity index (χ3n) is 8.11. The molecule has 1 aliphatic rings. The number of aliphatic carboxylic acids is 2. The van der Waals surface area contributed by atoms with Gasteiger partial charge in [-0.25, -0.2) is 0 Å². The molecule has 4 nitrogen and oxygen atoms in total. The summed E-state index contributed by atoms with van der Waals surface area (Å²) >= 11 is 0. The van der Waals surface area contributed by atoms with Crippen molar-refractivity contribution in [2.75, 3.05) is 0 Å². The van der Waals surface area contributed by atoms with Crippen LogP contribution in [0.25, 0.3) is 0 Å². The standard InChI is InChI=1S/C28H52O4/c1-3-5-7-9-11-13-15-17-21-27(25(29)30)23-19-20-24-28(27,26(31)32)22-18-16-14-12-10-8-6-4-2/h3-24H2,1-2H3,(H,29,30)(H,31,32). The summed E-state index contributed by atoms with van der Waals surface area (Å²) in [5.74, 6) is -1.72. The first-order valence-corrected chi connectivity index (χ1v) is 13.9. The first-order valence-electron chi connectivity index (χ1n) is 13.9. The normalized spacial score (nSPS) is 23.3. The van der Waals surface area contributed by atoms with E-state index in [0.29, 0.717) is 25.7 Å². The van der Waals surface area contributed by atoms with E-state index < -0.39 is 22.8 Å². The summed E-state index contributed by atoms with van der Waals surface area (Å²) in [6.07, 6.45) is 22.4. The van der Waals surface area contributed by atoms with Gasteiger partial charge in [-0.1, -0.05) is 129 Å². The SMILES string of the molecule is CCCCCCCCCCC1(C(=O)O)CCCCC1(CCCCCCCCCC)C(=O)O. The van der Waals surface area contributed by atoms with E-state index in [0.717, 1.165) is 51.4 Å². The van der Waals surface area contributed by atoms with Gasteiger partial charge >= 0.3 is 11.9 Å². The molecule has 0 aromatic carbocycles. The van der Waals surface area contributed by atoms with Crippen molar-refractivity contribution >= 4 is 11.9 Å². The van der Waals surface area contributed by atoms with E-state index in [-0.39, 0.29) is 0 Å². The Morgan fingerprint density at radius 2 is 0.812 bits per heavy atom. The van der Waals surface area contributed by atoms with Gasteiger partial charge < -0.3 is 10.2 Å². The maximum atomic E-state index is 12.6. The molecule has 32 heavy (non-hydrogen) atoms. The van der Waals surface area contributed by atoms with Crippen LogP contribution in [0.3, 0.4) is 0 Å². The van der Waals surface area contributed by atoms with E-state index in [1.165, 1.54) is 64.2 Å². The fraction of sp³-hybridized carbons (Fsp3) is 0.929. The van der Waals surface area contributed by atoms with Gasteiger partial charge in [0.1, 0.15) is 0 Å². The van der Waals surface area contributed by atoms with Gasteiger partial charge in [0.05, 0.1) is 10.8 Å². The molecule has 2 atom stereocenters. The Hall–Kier alpha value is -1.06. The van der Waals surface area contributed by atoms with Gasteiger partial charge in [0.2, 0.25) is 0 Å². The Morgan fingerprint density at radius 1 is 0.531 bits per heavy atom. The molecule has 4 heteroatoms. The third kappa shape index (κ3) is 8.71. The smallest absolute Gasteiger partial charge is 0.310 e. The average Bonchev–Trinajstić information content (AvgIpc) is 2.77. The Morgan fingerprint density at radius 3 is 1.09 bits per heavy atom. The van der Waals surface area contributed by atoms with E-state index in [1.807, 2.05) is 0 Å². The van der Waals surface area contributed by atoms with Crippen molar-refractivity contribution < 1.29 is 19.8 Å². The summed E-state index contributed by atoms with van der Waals surface area (Å²) < 4.78 is 0. The highest BCUT2D eigenvalue weighted by molar-refractivity contribution is 5.87. The van der Waals surface area contributed by atoms with Crippen molar-refractivity contribution in [1.29, 1.82) is 0 Å². The van der Waals surface area contributed by atoms with Gasteiger partial charge in [0.15, 0.2) is 0 Å². The fourth-order valence-corrected chi connectivity index (χ4v) is 6.02. The lowest BCUT2D eigenvalue weighted by Crippen LogP contribution is -2.54. The first-order chi connectivity index (χ1) is 15.5. The molecule has 2 unspecified atom stereocenters. The van der Waals surface area contributed by atoms with E-state index in [1.54, 1.807) is 0 Å². The molecule has 0 aromatic heterocycles. The molecule has 188 valence electrons. The molecular formula is C28H52O4. The number of unbranched alkanes of at least 4 members (excludes halogenated alkanes) is 14. The van der Waals surface area contributed by atoms with Crippen LogP contribution in [0, 0.1) is 10.8 Å². The van der Waals surface area contributed by atoms with Crippen LogP contribution in [-0.4, -0.2) is 22.2 Å². The van der Waals surface area contributed by atoms with Gasteiger partial charge in [0.25, 0.3) is 0 Å². The lowest BCUT2D eigenvalue weighted by molar-refractivity contribution is -0.182. The second kappa shape index (κ2) is 16.5. The Balaban J connectivity index is 2.65. The molecule has 0 aromatic rings. The van der Waals surface area contributed by atoms with Crippen LogP contribution in [0.2, 0.25) is 0 Å². The average molecular weight is 453 g/mol. The van der Waals surface area contributed by atoms with Crippen LogP contribution < -0.4 is 0 Å². The van der Waals surface area contributed by atoms with Crippen molar-refractivity contribution in [3.63, 3.8) is 0 Å². The van der Waals surface area contributed by atoms with Gasteiger partial charge in [0, 0.05) is 0 Å². The lowest BCUT2D eigenvalue weighted by atomic mass is 9.52. The van der Waals surface area contributed by atoms with E-state index in [9.17, 15) is 19.8 Å². The minimum atomic E-state index is -1.08. The van der Waals surface area contributed by atoms with Gasteiger partial charge in [-0.3, -0.25) is 9.59 Å². The molecule has 1 saturated carbocycles. The van der Waals surface area contributed by atoms with E-state index in [2.05, 4.69) is 13.8 Å². The Bertz CT molecular complexity index is 472. The Kier molecular flexibility index (Phi) is 15.0. The number of hydrogen-bond donors (Lipinski definition) is 2. The van der Waals surface area contributed by atoms with Crippen LogP contribution in [-0.2, 0) is 9.59 Å². The lowest BCUT2D eigenvalue weighted by Gasteiger charge is -2.49. The molecular weight excluding hydrogens is 400 g/mol. The monoisotopic (exact) mass is 452 g/mol. The highest BCUT2D eigenvalue weighted by Gasteiger charge is 2.61. The summed E-state index contributed by atoms with van der Waals surface area (Å²) in [5.41, 5.74) is -2.17. The minimum absolute atomic E-state index is 0.528. The number of carbonyl (C=O) groups is 2. The molecule has 0 spiro atoms. The quantitative estimate of drug-likeness (QED) is 0.181. The van der Waals surface area contributed by atoms with Crippen LogP contribution in [0.4, 0.5) is 0 Å². The van der Waals surface area contributed by atoms with Crippen molar-refractivity contribution in [2.45, 2.75) is 155 Å². The predicted octanol–water partition coefficient (Wildman–Crippen LogP) is 8.76. The number of carboxylic acid groups (broad SMARTS) is 2. The molecule has 0 bridgehead atoms. The third-order valence-corrected chi connectivity index (χ3v) is 8.11. The van der Waals surface area contributed by atoms with Crippen molar-refractivity contribution in [3.8, 4) is 0 Å². The summed E-state index contributed by atoms with van der Waals surface area (Å²) in [6, 6.07) is 0. The molecule has 1 aliphatic carbocycles. The van der Waals surface area contributed by atoms with Crippen LogP contribution >= 0.6 is 0 Å². The highest BCUT2D eigenvalue weighted by Crippen LogP contribution is 2.57. The number of hydrogen-bond acceptors (Lipinski definition) is 2. The highest BCUT2D eigenvalue weighted by atomic mass is 16.4. The summed E-state index contributed by atoms with van der Waals surface area (Å²) in [7, 11) is 0. The zero-order valence-corrected chi connectivity index (χ0v) is 21.3. The second-order valence-corrected chi connectivity index (χ2v) is 10.4. The minimum Gasteiger partial charge on any atom is -0.481 e. The maximum absolute atomic E-state index is 12.6. The van der Waals surface area contributed by atoms with Crippen LogP contribution in [0.1, 0.15) is 155 Å². The molecule has 2 N–H and O–H groups in total. The zero-order valence-electron chi connectivity index (χ0n) is 21.3. The van der Waals surface area contributed by atoms with Gasteiger partial charge in [-0.2, -0.15) is 0 Å². The topological polar surface area (TPSA) is 74.6 Å². The first kappa shape index (κ1) is 29.0. The molecule has 0 amide bonds. The molecule has 0 saturated heterocycles. The van der Waals surface area contributed by atoms with Crippen molar-refractivity contribution in [3.05, 3.63) is 0 Å². The van der Waals surface area contributed by atoms with Crippen LogP contribution in [0.15, 0.2) is 0 Å². The van der Waals surface area contributed by atoms with Crippen molar-refractivity contribution in [1.82, 2.24) is 0 Å². The molecule has 1 fully saturated rings. The maximum Gasteiger partial charge on any atom is 0.310 e. The molecule has 0 radical (unpaired) electrons.